The lowest BCUT2D eigenvalue weighted by Gasteiger charge is -2.06. The van der Waals surface area contributed by atoms with E-state index in [0.29, 0.717) is 35.9 Å². The van der Waals surface area contributed by atoms with Gasteiger partial charge >= 0.3 is 0 Å². The molecule has 0 saturated carbocycles. The second-order valence-corrected chi connectivity index (χ2v) is 7.71. The SMILES string of the molecule is CC(=O)c1ccc(OCCCC(=O)Nc2nc(-c3ccc(F)cc3)c(C)s2)cc1. The lowest BCUT2D eigenvalue weighted by atomic mass is 10.1. The highest BCUT2D eigenvalue weighted by Crippen LogP contribution is 2.30. The van der Waals surface area contributed by atoms with Crippen LogP contribution in [0.2, 0.25) is 0 Å². The van der Waals surface area contributed by atoms with Crippen molar-refractivity contribution in [1.82, 2.24) is 4.98 Å². The smallest absolute Gasteiger partial charge is 0.226 e. The Balaban J connectivity index is 1.46. The molecule has 1 amide bonds. The summed E-state index contributed by atoms with van der Waals surface area (Å²) in [5, 5.41) is 3.33. The van der Waals surface area contributed by atoms with Gasteiger partial charge in [0.15, 0.2) is 10.9 Å². The highest BCUT2D eigenvalue weighted by molar-refractivity contribution is 7.16. The summed E-state index contributed by atoms with van der Waals surface area (Å²) in [6, 6.07) is 13.0. The van der Waals surface area contributed by atoms with Crippen LogP contribution in [0.4, 0.5) is 9.52 Å². The van der Waals surface area contributed by atoms with Gasteiger partial charge in [-0.15, -0.1) is 11.3 Å². The minimum atomic E-state index is -0.299. The highest BCUT2D eigenvalue weighted by Gasteiger charge is 2.12. The summed E-state index contributed by atoms with van der Waals surface area (Å²) in [5.41, 5.74) is 2.18. The molecule has 0 bridgehead atoms. The number of amides is 1. The Morgan fingerprint density at radius 2 is 1.79 bits per heavy atom. The molecule has 7 heteroatoms. The first-order valence-electron chi connectivity index (χ1n) is 9.19. The Morgan fingerprint density at radius 1 is 1.10 bits per heavy atom. The molecule has 2 aromatic carbocycles. The van der Waals surface area contributed by atoms with E-state index in [9.17, 15) is 14.0 Å². The van der Waals surface area contributed by atoms with E-state index >= 15 is 0 Å². The second kappa shape index (κ2) is 9.43. The Morgan fingerprint density at radius 3 is 2.45 bits per heavy atom. The van der Waals surface area contributed by atoms with Crippen molar-refractivity contribution in [3.8, 4) is 17.0 Å². The molecular formula is C22H21FN2O3S. The number of hydrogen-bond acceptors (Lipinski definition) is 5. The van der Waals surface area contributed by atoms with Gasteiger partial charge in [0.05, 0.1) is 12.3 Å². The summed E-state index contributed by atoms with van der Waals surface area (Å²) in [7, 11) is 0. The van der Waals surface area contributed by atoms with Gasteiger partial charge in [0.2, 0.25) is 5.91 Å². The molecule has 0 radical (unpaired) electrons. The normalized spacial score (nSPS) is 10.6. The zero-order chi connectivity index (χ0) is 20.8. The maximum atomic E-state index is 13.1. The number of rotatable bonds is 8. The summed E-state index contributed by atoms with van der Waals surface area (Å²) in [5.74, 6) is 0.232. The number of hydrogen-bond donors (Lipinski definition) is 1. The van der Waals surface area contributed by atoms with Crippen LogP contribution in [-0.4, -0.2) is 23.3 Å². The topological polar surface area (TPSA) is 68.3 Å². The van der Waals surface area contributed by atoms with E-state index < -0.39 is 0 Å². The average molecular weight is 412 g/mol. The molecule has 1 aromatic heterocycles. The first kappa shape index (κ1) is 20.7. The third kappa shape index (κ3) is 5.71. The molecule has 1 heterocycles. The minimum absolute atomic E-state index is 0.00762. The molecule has 0 unspecified atom stereocenters. The maximum absolute atomic E-state index is 13.1. The Hall–Kier alpha value is -3.06. The summed E-state index contributed by atoms with van der Waals surface area (Å²) in [6.45, 7) is 3.82. The van der Waals surface area contributed by atoms with Crippen LogP contribution in [0.15, 0.2) is 48.5 Å². The number of aryl methyl sites for hydroxylation is 1. The fourth-order valence-corrected chi connectivity index (χ4v) is 3.57. The van der Waals surface area contributed by atoms with Crippen LogP contribution in [0, 0.1) is 12.7 Å². The monoisotopic (exact) mass is 412 g/mol. The molecule has 29 heavy (non-hydrogen) atoms. The molecule has 0 atom stereocenters. The first-order valence-corrected chi connectivity index (χ1v) is 10.0. The quantitative estimate of drug-likeness (QED) is 0.405. The van der Waals surface area contributed by atoms with Crippen LogP contribution in [-0.2, 0) is 4.79 Å². The van der Waals surface area contributed by atoms with E-state index in [0.717, 1.165) is 16.1 Å². The van der Waals surface area contributed by atoms with Crippen molar-refractivity contribution in [3.05, 3.63) is 64.8 Å². The molecule has 150 valence electrons. The lowest BCUT2D eigenvalue weighted by molar-refractivity contribution is -0.116. The number of anilines is 1. The maximum Gasteiger partial charge on any atom is 0.226 e. The van der Waals surface area contributed by atoms with Crippen LogP contribution >= 0.6 is 11.3 Å². The van der Waals surface area contributed by atoms with Crippen molar-refractivity contribution < 1.29 is 18.7 Å². The van der Waals surface area contributed by atoms with Gasteiger partial charge < -0.3 is 10.1 Å². The number of nitrogens with zero attached hydrogens (tertiary/aromatic N) is 1. The highest BCUT2D eigenvalue weighted by atomic mass is 32.1. The van der Waals surface area contributed by atoms with Gasteiger partial charge in [0, 0.05) is 22.4 Å². The number of benzene rings is 2. The molecule has 5 nitrogen and oxygen atoms in total. The standard InChI is InChI=1S/C22H21FN2O3S/c1-14(26)16-7-11-19(12-8-16)28-13-3-4-20(27)24-22-25-21(15(2)29-22)17-5-9-18(23)10-6-17/h5-12H,3-4,13H2,1-2H3,(H,24,25,27). The van der Waals surface area contributed by atoms with Gasteiger partial charge in [-0.05, 0) is 68.8 Å². The molecule has 1 N–H and O–H groups in total. The summed E-state index contributed by atoms with van der Waals surface area (Å²) >= 11 is 1.39. The van der Waals surface area contributed by atoms with Crippen molar-refractivity contribution in [1.29, 1.82) is 0 Å². The largest absolute Gasteiger partial charge is 0.494 e. The molecule has 3 rings (SSSR count). The van der Waals surface area contributed by atoms with Crippen LogP contribution in [0.3, 0.4) is 0 Å². The van der Waals surface area contributed by atoms with E-state index in [4.69, 9.17) is 4.74 Å². The zero-order valence-corrected chi connectivity index (χ0v) is 17.0. The van der Waals surface area contributed by atoms with E-state index in [1.165, 1.54) is 30.4 Å². The number of Topliss-reactive ketones (excluding diaryl/α,β-unsaturated/α-hetero) is 1. The van der Waals surface area contributed by atoms with Crippen molar-refractivity contribution in [2.75, 3.05) is 11.9 Å². The van der Waals surface area contributed by atoms with Gasteiger partial charge in [-0.2, -0.15) is 0 Å². The molecule has 0 aliphatic heterocycles. The number of carbonyl (C=O) groups excluding carboxylic acids is 2. The Labute approximate surface area is 172 Å². The average Bonchev–Trinajstić information content (AvgIpc) is 3.06. The van der Waals surface area contributed by atoms with Crippen molar-refractivity contribution in [2.24, 2.45) is 0 Å². The lowest BCUT2D eigenvalue weighted by Crippen LogP contribution is -2.12. The number of ketones is 1. The number of aromatic nitrogens is 1. The molecule has 0 saturated heterocycles. The number of ether oxygens (including phenoxy) is 1. The Kier molecular flexibility index (Phi) is 6.72. The molecule has 3 aromatic rings. The van der Waals surface area contributed by atoms with Gasteiger partial charge in [-0.3, -0.25) is 9.59 Å². The molecule has 0 aliphatic carbocycles. The summed E-state index contributed by atoms with van der Waals surface area (Å²) in [6.07, 6.45) is 0.853. The molecule has 0 fully saturated rings. The van der Waals surface area contributed by atoms with E-state index in [1.807, 2.05) is 6.92 Å². The molecule has 0 aliphatic rings. The van der Waals surface area contributed by atoms with Gasteiger partial charge in [-0.1, -0.05) is 0 Å². The van der Waals surface area contributed by atoms with Crippen molar-refractivity contribution >= 4 is 28.2 Å². The molecular weight excluding hydrogens is 391 g/mol. The van der Waals surface area contributed by atoms with Crippen molar-refractivity contribution in [3.63, 3.8) is 0 Å². The molecule has 0 spiro atoms. The summed E-state index contributed by atoms with van der Waals surface area (Å²) < 4.78 is 18.7. The second-order valence-electron chi connectivity index (χ2n) is 6.51. The number of thiazole rings is 1. The Bertz CT molecular complexity index is 998. The van der Waals surface area contributed by atoms with E-state index in [-0.39, 0.29) is 17.5 Å². The predicted molar refractivity (Wildman–Crippen MR) is 112 cm³/mol. The fraction of sp³-hybridized carbons (Fsp3) is 0.227. The van der Waals surface area contributed by atoms with Crippen LogP contribution in [0.1, 0.15) is 35.0 Å². The van der Waals surface area contributed by atoms with Crippen molar-refractivity contribution in [2.45, 2.75) is 26.7 Å². The zero-order valence-electron chi connectivity index (χ0n) is 16.2. The number of nitrogens with one attached hydrogen (secondary N) is 1. The summed E-state index contributed by atoms with van der Waals surface area (Å²) in [4.78, 5) is 28.8. The van der Waals surface area contributed by atoms with Crippen LogP contribution in [0.25, 0.3) is 11.3 Å². The van der Waals surface area contributed by atoms with Crippen LogP contribution < -0.4 is 10.1 Å². The van der Waals surface area contributed by atoms with Gasteiger partial charge in [-0.25, -0.2) is 9.37 Å². The minimum Gasteiger partial charge on any atom is -0.494 e. The first-order chi connectivity index (χ1) is 13.9. The van der Waals surface area contributed by atoms with Crippen LogP contribution in [0.5, 0.6) is 5.75 Å². The number of carbonyl (C=O) groups is 2. The third-order valence-corrected chi connectivity index (χ3v) is 5.12. The number of halogens is 1. The van der Waals surface area contributed by atoms with Gasteiger partial charge in [0.1, 0.15) is 11.6 Å². The third-order valence-electron chi connectivity index (χ3n) is 4.24. The van der Waals surface area contributed by atoms with E-state index in [2.05, 4.69) is 10.3 Å². The fourth-order valence-electron chi connectivity index (χ4n) is 2.72. The van der Waals surface area contributed by atoms with E-state index in [1.54, 1.807) is 36.4 Å². The predicted octanol–water partition coefficient (Wildman–Crippen LogP) is 5.26. The van der Waals surface area contributed by atoms with Gasteiger partial charge in [0.25, 0.3) is 0 Å².